The topological polar surface area (TPSA) is 82.7 Å². The predicted octanol–water partition coefficient (Wildman–Crippen LogP) is 5.52. The number of ether oxygens (including phenoxy) is 1. The van der Waals surface area contributed by atoms with Gasteiger partial charge in [0.05, 0.1) is 7.11 Å². The lowest BCUT2D eigenvalue weighted by Gasteiger charge is -2.29. The molecule has 1 unspecified atom stereocenters. The SMILES string of the molecule is CCCN(CCC)C(=O)c1cccc(C(=O)N[C@@H](Cc2ccccc2)C(CNCc2cccc(OC)c2)NC)c1.Cl.Cl. The van der Waals surface area contributed by atoms with Gasteiger partial charge in [-0.15, -0.1) is 24.8 Å². The average Bonchev–Trinajstić information content (AvgIpc) is 2.99. The van der Waals surface area contributed by atoms with Gasteiger partial charge in [0.2, 0.25) is 0 Å². The molecule has 0 fully saturated rings. The lowest BCUT2D eigenvalue weighted by Crippen LogP contribution is -2.54. The van der Waals surface area contributed by atoms with E-state index in [9.17, 15) is 9.59 Å². The fraction of sp³-hybridized carbons (Fsp3) is 0.394. The molecule has 3 rings (SSSR count). The zero-order valence-electron chi connectivity index (χ0n) is 25.1. The van der Waals surface area contributed by atoms with E-state index in [4.69, 9.17) is 4.74 Å². The molecule has 0 aliphatic carbocycles. The van der Waals surface area contributed by atoms with Crippen LogP contribution in [0.3, 0.4) is 0 Å². The zero-order valence-corrected chi connectivity index (χ0v) is 26.7. The fourth-order valence-electron chi connectivity index (χ4n) is 4.84. The number of halogens is 2. The van der Waals surface area contributed by atoms with Crippen LogP contribution in [-0.4, -0.2) is 62.6 Å². The Morgan fingerprint density at radius 2 is 1.45 bits per heavy atom. The van der Waals surface area contributed by atoms with Crippen LogP contribution in [0.1, 0.15) is 58.5 Å². The van der Waals surface area contributed by atoms with Gasteiger partial charge in [0.1, 0.15) is 5.75 Å². The van der Waals surface area contributed by atoms with Gasteiger partial charge in [-0.2, -0.15) is 0 Å². The molecule has 7 nitrogen and oxygen atoms in total. The van der Waals surface area contributed by atoms with Gasteiger partial charge in [-0.3, -0.25) is 9.59 Å². The molecule has 0 aromatic heterocycles. The first-order valence-electron chi connectivity index (χ1n) is 14.2. The number of nitrogens with zero attached hydrogens (tertiary/aromatic N) is 1. The average molecular weight is 618 g/mol. The molecule has 0 saturated carbocycles. The van der Waals surface area contributed by atoms with E-state index < -0.39 is 0 Å². The van der Waals surface area contributed by atoms with Gasteiger partial charge in [-0.05, 0) is 67.8 Å². The normalized spacial score (nSPS) is 11.8. The summed E-state index contributed by atoms with van der Waals surface area (Å²) in [5, 5.41) is 10.2. The van der Waals surface area contributed by atoms with Gasteiger partial charge in [-0.25, -0.2) is 0 Å². The van der Waals surface area contributed by atoms with Crippen molar-refractivity contribution >= 4 is 36.6 Å². The van der Waals surface area contributed by atoms with Crippen LogP contribution < -0.4 is 20.7 Å². The Kier molecular flexibility index (Phi) is 17.5. The Hall–Kier alpha value is -3.10. The van der Waals surface area contributed by atoms with Gasteiger partial charge in [0.15, 0.2) is 0 Å². The molecule has 42 heavy (non-hydrogen) atoms. The Bertz CT molecular complexity index is 1210. The van der Waals surface area contributed by atoms with Crippen LogP contribution in [-0.2, 0) is 13.0 Å². The molecule has 0 bridgehead atoms. The second-order valence-electron chi connectivity index (χ2n) is 10.0. The Morgan fingerprint density at radius 3 is 2.10 bits per heavy atom. The highest BCUT2D eigenvalue weighted by atomic mass is 35.5. The van der Waals surface area contributed by atoms with Crippen molar-refractivity contribution in [1.29, 1.82) is 0 Å². The van der Waals surface area contributed by atoms with Gasteiger partial charge in [0.25, 0.3) is 11.8 Å². The van der Waals surface area contributed by atoms with E-state index in [0.717, 1.165) is 29.7 Å². The third-order valence-electron chi connectivity index (χ3n) is 6.94. The van der Waals surface area contributed by atoms with Crippen molar-refractivity contribution in [3.63, 3.8) is 0 Å². The molecule has 0 heterocycles. The molecule has 3 N–H and O–H groups in total. The molecule has 3 aromatic carbocycles. The Balaban J connectivity index is 0.00000441. The molecule has 0 aliphatic heterocycles. The lowest BCUT2D eigenvalue weighted by atomic mass is 9.98. The van der Waals surface area contributed by atoms with Crippen LogP contribution in [0, 0.1) is 0 Å². The number of amides is 2. The quantitative estimate of drug-likeness (QED) is 0.197. The van der Waals surface area contributed by atoms with Gasteiger partial charge >= 0.3 is 0 Å². The first kappa shape index (κ1) is 36.9. The van der Waals surface area contributed by atoms with Gasteiger partial charge in [-0.1, -0.05) is 62.4 Å². The molecule has 0 spiro atoms. The largest absolute Gasteiger partial charge is 0.497 e. The molecule has 0 saturated heterocycles. The number of benzene rings is 3. The molecular weight excluding hydrogens is 571 g/mol. The van der Waals surface area contributed by atoms with E-state index in [1.54, 1.807) is 31.4 Å². The van der Waals surface area contributed by atoms with E-state index in [1.165, 1.54) is 0 Å². The number of methoxy groups -OCH3 is 1. The molecular formula is C33H46Cl2N4O3. The molecule has 0 radical (unpaired) electrons. The first-order valence-corrected chi connectivity index (χ1v) is 14.2. The summed E-state index contributed by atoms with van der Waals surface area (Å²) in [7, 11) is 3.58. The van der Waals surface area contributed by atoms with Gasteiger partial charge in [0, 0.05) is 49.4 Å². The Morgan fingerprint density at radius 1 is 0.810 bits per heavy atom. The van der Waals surface area contributed by atoms with Crippen molar-refractivity contribution in [2.24, 2.45) is 0 Å². The monoisotopic (exact) mass is 616 g/mol. The number of nitrogens with one attached hydrogen (secondary N) is 3. The van der Waals surface area contributed by atoms with Crippen LogP contribution >= 0.6 is 24.8 Å². The fourth-order valence-corrected chi connectivity index (χ4v) is 4.84. The van der Waals surface area contributed by atoms with E-state index in [2.05, 4.69) is 48.0 Å². The summed E-state index contributed by atoms with van der Waals surface area (Å²) in [6.07, 6.45) is 2.45. The maximum absolute atomic E-state index is 13.5. The van der Waals surface area contributed by atoms with Crippen molar-refractivity contribution in [2.45, 2.75) is 51.7 Å². The highest BCUT2D eigenvalue weighted by molar-refractivity contribution is 5.99. The van der Waals surface area contributed by atoms with Crippen LogP contribution in [0.15, 0.2) is 78.9 Å². The summed E-state index contributed by atoms with van der Waals surface area (Å²) in [5.74, 6) is 0.599. The summed E-state index contributed by atoms with van der Waals surface area (Å²) in [5.41, 5.74) is 3.29. The standard InChI is InChI=1S/C33H44N4O3.2ClH/c1-5-18-37(19-6-2)33(39)28-16-11-15-27(22-28)32(38)36-30(21-25-12-8-7-9-13-25)31(34-3)24-35-23-26-14-10-17-29(20-26)40-4;;/h7-17,20,22,30-31,34-35H,5-6,18-19,21,23-24H2,1-4H3,(H,36,38);2*1H/t30-,31?;;/m0../s1. The molecule has 2 atom stereocenters. The number of rotatable bonds is 16. The van der Waals surface area contributed by atoms with E-state index in [0.29, 0.717) is 43.7 Å². The molecule has 0 aliphatic rings. The first-order chi connectivity index (χ1) is 19.5. The second-order valence-corrected chi connectivity index (χ2v) is 10.0. The number of hydrogen-bond donors (Lipinski definition) is 3. The van der Waals surface area contributed by atoms with Crippen molar-refractivity contribution in [2.75, 3.05) is 33.8 Å². The van der Waals surface area contributed by atoms with Crippen molar-refractivity contribution in [3.05, 3.63) is 101 Å². The predicted molar refractivity (Wildman–Crippen MR) is 176 cm³/mol. The minimum absolute atomic E-state index is 0. The van der Waals surface area contributed by atoms with E-state index in [-0.39, 0.29) is 48.7 Å². The third-order valence-corrected chi connectivity index (χ3v) is 6.94. The highest BCUT2D eigenvalue weighted by Gasteiger charge is 2.24. The molecule has 2 amide bonds. The highest BCUT2D eigenvalue weighted by Crippen LogP contribution is 2.14. The van der Waals surface area contributed by atoms with Crippen LogP contribution in [0.25, 0.3) is 0 Å². The summed E-state index contributed by atoms with van der Waals surface area (Å²) >= 11 is 0. The minimum Gasteiger partial charge on any atom is -0.497 e. The summed E-state index contributed by atoms with van der Waals surface area (Å²) in [6, 6.07) is 25.0. The summed E-state index contributed by atoms with van der Waals surface area (Å²) in [6.45, 7) is 6.86. The van der Waals surface area contributed by atoms with Crippen LogP contribution in [0.5, 0.6) is 5.75 Å². The van der Waals surface area contributed by atoms with Crippen molar-refractivity contribution in [1.82, 2.24) is 20.9 Å². The number of carbonyl (C=O) groups is 2. The third kappa shape index (κ3) is 11.3. The van der Waals surface area contributed by atoms with Crippen LogP contribution in [0.2, 0.25) is 0 Å². The van der Waals surface area contributed by atoms with Crippen LogP contribution in [0.4, 0.5) is 0 Å². The van der Waals surface area contributed by atoms with E-state index >= 15 is 0 Å². The number of likely N-dealkylation sites (N-methyl/N-ethyl adjacent to an activating group) is 1. The maximum atomic E-state index is 13.5. The molecule has 230 valence electrons. The number of hydrogen-bond acceptors (Lipinski definition) is 5. The minimum atomic E-state index is -0.193. The second kappa shape index (κ2) is 19.9. The number of carbonyl (C=O) groups excluding carboxylic acids is 2. The molecule has 3 aromatic rings. The maximum Gasteiger partial charge on any atom is 0.253 e. The summed E-state index contributed by atoms with van der Waals surface area (Å²) in [4.78, 5) is 28.6. The van der Waals surface area contributed by atoms with Gasteiger partial charge < -0.3 is 25.6 Å². The molecule has 9 heteroatoms. The Labute approximate surface area is 263 Å². The van der Waals surface area contributed by atoms with Crippen molar-refractivity contribution in [3.8, 4) is 5.75 Å². The summed E-state index contributed by atoms with van der Waals surface area (Å²) < 4.78 is 5.34. The lowest BCUT2D eigenvalue weighted by molar-refractivity contribution is 0.0755. The smallest absolute Gasteiger partial charge is 0.253 e. The zero-order chi connectivity index (χ0) is 28.7. The van der Waals surface area contributed by atoms with E-state index in [1.807, 2.05) is 48.3 Å². The van der Waals surface area contributed by atoms with Crippen molar-refractivity contribution < 1.29 is 14.3 Å².